The summed E-state index contributed by atoms with van der Waals surface area (Å²) in [6, 6.07) is 2.96. The van der Waals surface area contributed by atoms with E-state index in [0.29, 0.717) is 13.1 Å². The van der Waals surface area contributed by atoms with Crippen molar-refractivity contribution in [2.24, 2.45) is 5.92 Å². The lowest BCUT2D eigenvalue weighted by molar-refractivity contribution is -0.385. The Balaban J connectivity index is 1.93. The lowest BCUT2D eigenvalue weighted by Gasteiger charge is -2.13. The molecule has 0 aliphatic heterocycles. The highest BCUT2D eigenvalue weighted by atomic mass is 19.1. The van der Waals surface area contributed by atoms with Crippen molar-refractivity contribution in [1.82, 2.24) is 14.9 Å². The summed E-state index contributed by atoms with van der Waals surface area (Å²) in [7, 11) is 0. The second-order valence-electron chi connectivity index (χ2n) is 5.00. The fourth-order valence-electron chi connectivity index (χ4n) is 1.98. The van der Waals surface area contributed by atoms with Crippen LogP contribution in [0.2, 0.25) is 0 Å². The van der Waals surface area contributed by atoms with Gasteiger partial charge in [0.05, 0.1) is 22.9 Å². The first-order valence-electron chi connectivity index (χ1n) is 6.65. The minimum Gasteiger partial charge on any atom is -0.352 e. The fourth-order valence-corrected chi connectivity index (χ4v) is 1.98. The van der Waals surface area contributed by atoms with Crippen LogP contribution >= 0.6 is 0 Å². The first-order valence-corrected chi connectivity index (χ1v) is 6.65. The molecule has 1 aromatic heterocycles. The molecule has 1 amide bonds. The van der Waals surface area contributed by atoms with Crippen LogP contribution in [0.5, 0.6) is 0 Å². The van der Waals surface area contributed by atoms with Gasteiger partial charge >= 0.3 is 0 Å². The van der Waals surface area contributed by atoms with Crippen LogP contribution < -0.4 is 5.32 Å². The molecular formula is C14H15FN4O3. The molecule has 1 atom stereocenters. The van der Waals surface area contributed by atoms with Crippen molar-refractivity contribution < 1.29 is 14.1 Å². The third kappa shape index (κ3) is 3.87. The topological polar surface area (TPSA) is 90.1 Å². The molecule has 0 spiro atoms. The van der Waals surface area contributed by atoms with Gasteiger partial charge in [0, 0.05) is 31.5 Å². The van der Waals surface area contributed by atoms with Crippen LogP contribution in [0.15, 0.2) is 36.9 Å². The minimum atomic E-state index is -0.908. The van der Waals surface area contributed by atoms with E-state index in [2.05, 4.69) is 10.3 Å². The van der Waals surface area contributed by atoms with Crippen molar-refractivity contribution in [2.75, 3.05) is 6.54 Å². The number of imidazole rings is 1. The average Bonchev–Trinajstić information content (AvgIpc) is 2.97. The molecule has 1 heterocycles. The number of carbonyl (C=O) groups is 1. The zero-order valence-electron chi connectivity index (χ0n) is 11.9. The molecule has 1 N–H and O–H groups in total. The Morgan fingerprint density at radius 3 is 2.91 bits per heavy atom. The van der Waals surface area contributed by atoms with E-state index in [9.17, 15) is 19.3 Å². The number of nitrogens with zero attached hydrogens (tertiary/aromatic N) is 3. The van der Waals surface area contributed by atoms with Crippen molar-refractivity contribution in [1.29, 1.82) is 0 Å². The number of amides is 1. The molecule has 0 saturated heterocycles. The first-order chi connectivity index (χ1) is 10.5. The van der Waals surface area contributed by atoms with Crippen LogP contribution in [0.25, 0.3) is 0 Å². The Bertz CT molecular complexity index is 673. The Labute approximate surface area is 125 Å². The van der Waals surface area contributed by atoms with Crippen molar-refractivity contribution >= 4 is 11.6 Å². The molecule has 2 rings (SSSR count). The van der Waals surface area contributed by atoms with Crippen LogP contribution in [0, 0.1) is 21.8 Å². The minimum absolute atomic E-state index is 0.124. The summed E-state index contributed by atoms with van der Waals surface area (Å²) in [5.41, 5.74) is -0.594. The van der Waals surface area contributed by atoms with Crippen LogP contribution in [0.1, 0.15) is 17.3 Å². The molecule has 0 saturated carbocycles. The van der Waals surface area contributed by atoms with Crippen LogP contribution in [0.3, 0.4) is 0 Å². The number of rotatable bonds is 6. The summed E-state index contributed by atoms with van der Waals surface area (Å²) < 4.78 is 15.6. The van der Waals surface area contributed by atoms with Crippen molar-refractivity contribution in [3.05, 3.63) is 58.4 Å². The average molecular weight is 306 g/mol. The SMILES string of the molecule is C[C@H](CNC(=O)c1ccc([N+](=O)[O-])cc1F)Cn1ccnc1. The second-order valence-corrected chi connectivity index (χ2v) is 5.00. The van der Waals surface area contributed by atoms with Gasteiger partial charge in [-0.05, 0) is 12.0 Å². The highest BCUT2D eigenvalue weighted by Crippen LogP contribution is 2.16. The van der Waals surface area contributed by atoms with Crippen molar-refractivity contribution in [3.63, 3.8) is 0 Å². The van der Waals surface area contributed by atoms with E-state index in [0.717, 1.165) is 18.2 Å². The molecule has 1 aromatic carbocycles. The number of non-ortho nitro benzene ring substituents is 1. The molecule has 116 valence electrons. The molecule has 0 bridgehead atoms. The number of carbonyl (C=O) groups excluding carboxylic acids is 1. The molecule has 0 radical (unpaired) electrons. The summed E-state index contributed by atoms with van der Waals surface area (Å²) in [4.78, 5) is 25.7. The highest BCUT2D eigenvalue weighted by Gasteiger charge is 2.16. The number of hydrogen-bond donors (Lipinski definition) is 1. The van der Waals surface area contributed by atoms with Gasteiger partial charge in [0.25, 0.3) is 11.6 Å². The Kier molecular flexibility index (Phi) is 4.82. The van der Waals surface area contributed by atoms with E-state index in [1.807, 2.05) is 17.7 Å². The molecule has 0 aliphatic rings. The van der Waals surface area contributed by atoms with Crippen LogP contribution in [0.4, 0.5) is 10.1 Å². The van der Waals surface area contributed by atoms with Crippen LogP contribution in [-0.4, -0.2) is 26.9 Å². The van der Waals surface area contributed by atoms with E-state index >= 15 is 0 Å². The second kappa shape index (κ2) is 6.79. The summed E-state index contributed by atoms with van der Waals surface area (Å²) in [6.45, 7) is 2.96. The van der Waals surface area contributed by atoms with E-state index in [-0.39, 0.29) is 17.2 Å². The molecular weight excluding hydrogens is 291 g/mol. The number of aromatic nitrogens is 2. The third-order valence-electron chi connectivity index (χ3n) is 3.10. The molecule has 0 fully saturated rings. The van der Waals surface area contributed by atoms with E-state index in [1.165, 1.54) is 0 Å². The maximum absolute atomic E-state index is 13.7. The van der Waals surface area contributed by atoms with Crippen molar-refractivity contribution in [2.45, 2.75) is 13.5 Å². The summed E-state index contributed by atoms with van der Waals surface area (Å²) in [6.07, 6.45) is 5.15. The maximum Gasteiger partial charge on any atom is 0.272 e. The molecule has 7 nitrogen and oxygen atoms in total. The predicted molar refractivity (Wildman–Crippen MR) is 76.8 cm³/mol. The number of benzene rings is 1. The molecule has 0 aliphatic carbocycles. The normalized spacial score (nSPS) is 11.9. The lowest BCUT2D eigenvalue weighted by Crippen LogP contribution is -2.30. The van der Waals surface area contributed by atoms with E-state index in [1.54, 1.807) is 12.5 Å². The van der Waals surface area contributed by atoms with Gasteiger partial charge < -0.3 is 9.88 Å². The Hall–Kier alpha value is -2.77. The zero-order chi connectivity index (χ0) is 16.1. The number of nitrogens with one attached hydrogen (secondary N) is 1. The zero-order valence-corrected chi connectivity index (χ0v) is 11.9. The first kappa shape index (κ1) is 15.6. The van der Waals surface area contributed by atoms with Gasteiger partial charge in [-0.15, -0.1) is 0 Å². The highest BCUT2D eigenvalue weighted by molar-refractivity contribution is 5.94. The number of nitro groups is 1. The standard InChI is InChI=1S/C14H15FN4O3/c1-10(8-18-5-4-16-9-18)7-17-14(20)12-3-2-11(19(21)22)6-13(12)15/h2-6,9-10H,7-8H2,1H3,(H,17,20)/t10-/m1/s1. The Morgan fingerprint density at radius 2 is 2.32 bits per heavy atom. The quantitative estimate of drug-likeness (QED) is 0.653. The van der Waals surface area contributed by atoms with Crippen molar-refractivity contribution in [3.8, 4) is 0 Å². The largest absolute Gasteiger partial charge is 0.352 e. The smallest absolute Gasteiger partial charge is 0.272 e. The van der Waals surface area contributed by atoms with E-state index in [4.69, 9.17) is 0 Å². The molecule has 2 aromatic rings. The van der Waals surface area contributed by atoms with Gasteiger partial charge in [0.2, 0.25) is 0 Å². The fraction of sp³-hybridized carbons (Fsp3) is 0.286. The van der Waals surface area contributed by atoms with Gasteiger partial charge in [-0.3, -0.25) is 14.9 Å². The molecule has 8 heteroatoms. The van der Waals surface area contributed by atoms with Gasteiger partial charge in [-0.25, -0.2) is 9.37 Å². The predicted octanol–water partition coefficient (Wildman–Crippen LogP) is 2.00. The number of nitro benzene ring substituents is 1. The summed E-state index contributed by atoms with van der Waals surface area (Å²) in [5, 5.41) is 13.1. The third-order valence-corrected chi connectivity index (χ3v) is 3.10. The monoisotopic (exact) mass is 306 g/mol. The van der Waals surface area contributed by atoms with Gasteiger partial charge in [0.15, 0.2) is 0 Å². The van der Waals surface area contributed by atoms with E-state index < -0.39 is 16.6 Å². The Morgan fingerprint density at radius 1 is 1.55 bits per heavy atom. The molecule has 0 unspecified atom stereocenters. The van der Waals surface area contributed by atoms with Gasteiger partial charge in [-0.2, -0.15) is 0 Å². The van der Waals surface area contributed by atoms with Crippen LogP contribution in [-0.2, 0) is 6.54 Å². The lowest BCUT2D eigenvalue weighted by atomic mass is 10.1. The molecule has 22 heavy (non-hydrogen) atoms. The summed E-state index contributed by atoms with van der Waals surface area (Å²) >= 11 is 0. The van der Waals surface area contributed by atoms with Gasteiger partial charge in [-0.1, -0.05) is 6.92 Å². The maximum atomic E-state index is 13.7. The number of halogens is 1. The summed E-state index contributed by atoms with van der Waals surface area (Å²) in [5.74, 6) is -1.38. The number of hydrogen-bond acceptors (Lipinski definition) is 4. The van der Waals surface area contributed by atoms with Gasteiger partial charge in [0.1, 0.15) is 5.82 Å².